The monoisotopic (exact) mass is 432 g/mol. The van der Waals surface area contributed by atoms with Gasteiger partial charge in [0.15, 0.2) is 0 Å². The zero-order valence-corrected chi connectivity index (χ0v) is 16.9. The minimum absolute atomic E-state index is 0.276. The largest absolute Gasteiger partial charge is 0.481 e. The van der Waals surface area contributed by atoms with Crippen LogP contribution in [0.1, 0.15) is 40.0 Å². The lowest BCUT2D eigenvalue weighted by Crippen LogP contribution is -2.57. The van der Waals surface area contributed by atoms with E-state index in [1.807, 2.05) is 0 Å². The van der Waals surface area contributed by atoms with E-state index in [-0.39, 0.29) is 12.3 Å². The van der Waals surface area contributed by atoms with E-state index in [0.29, 0.717) is 0 Å². The molecule has 170 valence electrons. The highest BCUT2D eigenvalue weighted by Crippen LogP contribution is 2.02. The van der Waals surface area contributed by atoms with Crippen molar-refractivity contribution in [3.8, 4) is 0 Å². The summed E-state index contributed by atoms with van der Waals surface area (Å²) in [6.45, 7) is 4.53. The van der Waals surface area contributed by atoms with Crippen molar-refractivity contribution in [2.24, 2.45) is 11.7 Å². The van der Waals surface area contributed by atoms with Gasteiger partial charge in [-0.2, -0.15) is 0 Å². The Hall–Kier alpha value is -3.22. The molecule has 0 radical (unpaired) electrons. The van der Waals surface area contributed by atoms with Crippen molar-refractivity contribution < 1.29 is 44.1 Å². The molecule has 0 fully saturated rings. The van der Waals surface area contributed by atoms with E-state index in [2.05, 4.69) is 16.0 Å². The molecule has 0 heterocycles. The van der Waals surface area contributed by atoms with Gasteiger partial charge in [0.1, 0.15) is 18.1 Å². The lowest BCUT2D eigenvalue weighted by molar-refractivity contribution is -0.144. The van der Waals surface area contributed by atoms with Crippen LogP contribution in [0.5, 0.6) is 0 Å². The summed E-state index contributed by atoms with van der Waals surface area (Å²) in [6.07, 6.45) is -1.64. The predicted octanol–water partition coefficient (Wildman–Crippen LogP) is -2.13. The highest BCUT2D eigenvalue weighted by atomic mass is 16.4. The molecule has 0 aromatic rings. The molecule has 0 saturated heterocycles. The molecule has 30 heavy (non-hydrogen) atoms. The molecule has 0 spiro atoms. The standard InChI is InChI=1S/C17H28N4O9/c1-7(2)13(18)16(28)21-10(6-12(24)25)15(27)19-8(3)14(26)20-9(17(29)30)4-5-11(22)23/h7-10,13H,4-6,18H2,1-3H3,(H,19,27)(H,20,26)(H,21,28)(H,22,23)(H,24,25)(H,29,30). The summed E-state index contributed by atoms with van der Waals surface area (Å²) in [5, 5.41) is 33.2. The molecular formula is C17H28N4O9. The van der Waals surface area contributed by atoms with Crippen LogP contribution >= 0.6 is 0 Å². The maximum Gasteiger partial charge on any atom is 0.326 e. The van der Waals surface area contributed by atoms with E-state index in [1.165, 1.54) is 6.92 Å². The first-order chi connectivity index (χ1) is 13.8. The van der Waals surface area contributed by atoms with Gasteiger partial charge in [-0.15, -0.1) is 0 Å². The maximum atomic E-state index is 12.4. The Balaban J connectivity index is 5.08. The minimum Gasteiger partial charge on any atom is -0.481 e. The van der Waals surface area contributed by atoms with Crippen LogP contribution in [0.25, 0.3) is 0 Å². The second kappa shape index (κ2) is 12.4. The molecule has 0 aliphatic carbocycles. The van der Waals surface area contributed by atoms with Gasteiger partial charge in [0.25, 0.3) is 0 Å². The Morgan fingerprint density at radius 2 is 1.30 bits per heavy atom. The van der Waals surface area contributed by atoms with Crippen molar-refractivity contribution >= 4 is 35.6 Å². The zero-order chi connectivity index (χ0) is 23.6. The Morgan fingerprint density at radius 1 is 0.767 bits per heavy atom. The number of carboxylic acids is 3. The van der Waals surface area contributed by atoms with Crippen molar-refractivity contribution in [1.29, 1.82) is 0 Å². The fourth-order valence-corrected chi connectivity index (χ4v) is 2.16. The van der Waals surface area contributed by atoms with Gasteiger partial charge in [0.2, 0.25) is 17.7 Å². The molecule has 13 heteroatoms. The predicted molar refractivity (Wildman–Crippen MR) is 101 cm³/mol. The molecule has 13 nitrogen and oxygen atoms in total. The summed E-state index contributed by atoms with van der Waals surface area (Å²) in [5.74, 6) is -7.02. The number of carbonyl (C=O) groups excluding carboxylic acids is 3. The fourth-order valence-electron chi connectivity index (χ4n) is 2.16. The van der Waals surface area contributed by atoms with E-state index in [1.54, 1.807) is 13.8 Å². The highest BCUT2D eigenvalue weighted by Gasteiger charge is 2.30. The van der Waals surface area contributed by atoms with Gasteiger partial charge in [-0.1, -0.05) is 13.8 Å². The summed E-state index contributed by atoms with van der Waals surface area (Å²) in [6, 6.07) is -5.29. The minimum atomic E-state index is -1.52. The molecule has 0 bridgehead atoms. The summed E-state index contributed by atoms with van der Waals surface area (Å²) >= 11 is 0. The van der Waals surface area contributed by atoms with Gasteiger partial charge in [-0.25, -0.2) is 4.79 Å². The second-order valence-electron chi connectivity index (χ2n) is 6.99. The van der Waals surface area contributed by atoms with Crippen molar-refractivity contribution in [3.63, 3.8) is 0 Å². The number of rotatable bonds is 13. The summed E-state index contributed by atoms with van der Waals surface area (Å²) < 4.78 is 0. The summed E-state index contributed by atoms with van der Waals surface area (Å²) in [7, 11) is 0. The molecule has 3 amide bonds. The lowest BCUT2D eigenvalue weighted by atomic mass is 10.0. The van der Waals surface area contributed by atoms with Crippen LogP contribution in [0.2, 0.25) is 0 Å². The Kier molecular flexibility index (Phi) is 11.0. The Bertz CT molecular complexity index is 680. The molecule has 8 N–H and O–H groups in total. The average molecular weight is 432 g/mol. The molecule has 4 unspecified atom stereocenters. The first kappa shape index (κ1) is 26.8. The smallest absolute Gasteiger partial charge is 0.326 e. The maximum absolute atomic E-state index is 12.4. The number of carbonyl (C=O) groups is 6. The van der Waals surface area contributed by atoms with Gasteiger partial charge >= 0.3 is 17.9 Å². The molecular weight excluding hydrogens is 404 g/mol. The van der Waals surface area contributed by atoms with E-state index in [4.69, 9.17) is 21.1 Å². The van der Waals surface area contributed by atoms with E-state index >= 15 is 0 Å². The third-order valence-corrected chi connectivity index (χ3v) is 4.05. The van der Waals surface area contributed by atoms with Gasteiger partial charge in [-0.05, 0) is 19.3 Å². The lowest BCUT2D eigenvalue weighted by Gasteiger charge is -2.23. The number of amides is 3. The van der Waals surface area contributed by atoms with Crippen LogP contribution in [0.15, 0.2) is 0 Å². The quantitative estimate of drug-likeness (QED) is 0.167. The molecule has 0 rings (SSSR count). The van der Waals surface area contributed by atoms with Crippen molar-refractivity contribution in [2.45, 2.75) is 64.2 Å². The van der Waals surface area contributed by atoms with Crippen LogP contribution in [0, 0.1) is 5.92 Å². The molecule has 0 aliphatic rings. The topological polar surface area (TPSA) is 225 Å². The van der Waals surface area contributed by atoms with Crippen LogP contribution in [0.4, 0.5) is 0 Å². The Morgan fingerprint density at radius 3 is 1.73 bits per heavy atom. The second-order valence-corrected chi connectivity index (χ2v) is 6.99. The van der Waals surface area contributed by atoms with Gasteiger partial charge in [-0.3, -0.25) is 24.0 Å². The normalized spacial score (nSPS) is 14.7. The van der Waals surface area contributed by atoms with Crippen LogP contribution in [-0.4, -0.2) is 75.1 Å². The number of nitrogens with two attached hydrogens (primary N) is 1. The molecule has 0 aromatic heterocycles. The third kappa shape index (κ3) is 9.82. The molecule has 0 aromatic carbocycles. The summed E-state index contributed by atoms with van der Waals surface area (Å²) in [5.41, 5.74) is 5.67. The number of carboxylic acid groups (broad SMARTS) is 3. The number of hydrogen-bond donors (Lipinski definition) is 7. The number of aliphatic carboxylic acids is 3. The van der Waals surface area contributed by atoms with Crippen molar-refractivity contribution in [3.05, 3.63) is 0 Å². The van der Waals surface area contributed by atoms with Crippen LogP contribution in [-0.2, 0) is 28.8 Å². The van der Waals surface area contributed by atoms with Crippen molar-refractivity contribution in [2.75, 3.05) is 0 Å². The average Bonchev–Trinajstić information content (AvgIpc) is 2.62. The number of nitrogens with one attached hydrogen (secondary N) is 3. The van der Waals surface area contributed by atoms with Gasteiger partial charge in [0.05, 0.1) is 12.5 Å². The van der Waals surface area contributed by atoms with Crippen LogP contribution < -0.4 is 21.7 Å². The summed E-state index contributed by atoms with van der Waals surface area (Å²) in [4.78, 5) is 69.3. The van der Waals surface area contributed by atoms with E-state index < -0.39 is 72.6 Å². The highest BCUT2D eigenvalue weighted by molar-refractivity contribution is 5.95. The first-order valence-corrected chi connectivity index (χ1v) is 9.09. The van der Waals surface area contributed by atoms with Crippen LogP contribution in [0.3, 0.4) is 0 Å². The Labute approximate surface area is 172 Å². The fraction of sp³-hybridized carbons (Fsp3) is 0.647. The van der Waals surface area contributed by atoms with Gasteiger partial charge in [0, 0.05) is 6.42 Å². The van der Waals surface area contributed by atoms with Crippen molar-refractivity contribution in [1.82, 2.24) is 16.0 Å². The van der Waals surface area contributed by atoms with Gasteiger partial charge < -0.3 is 37.0 Å². The van der Waals surface area contributed by atoms with E-state index in [0.717, 1.165) is 0 Å². The van der Waals surface area contributed by atoms with E-state index in [9.17, 15) is 28.8 Å². The molecule has 0 aliphatic heterocycles. The SMILES string of the molecule is CC(NC(=O)C(CC(=O)O)NC(=O)C(N)C(C)C)C(=O)NC(CCC(=O)O)C(=O)O. The third-order valence-electron chi connectivity index (χ3n) is 4.05. The number of hydrogen-bond acceptors (Lipinski definition) is 7. The zero-order valence-electron chi connectivity index (χ0n) is 16.9. The molecule has 0 saturated carbocycles. The first-order valence-electron chi connectivity index (χ1n) is 9.09. The molecule has 4 atom stereocenters.